The van der Waals surface area contributed by atoms with E-state index >= 15 is 0 Å². The fourth-order valence-corrected chi connectivity index (χ4v) is 2.30. The summed E-state index contributed by atoms with van der Waals surface area (Å²) in [5, 5.41) is 10.1. The van der Waals surface area contributed by atoms with Crippen molar-refractivity contribution in [2.45, 2.75) is 6.92 Å². The first kappa shape index (κ1) is 17.8. The summed E-state index contributed by atoms with van der Waals surface area (Å²) in [6.45, 7) is 1.74. The summed E-state index contributed by atoms with van der Waals surface area (Å²) in [7, 11) is 0. The van der Waals surface area contributed by atoms with Crippen LogP contribution in [0.4, 0.5) is 5.69 Å². The van der Waals surface area contributed by atoms with Crippen molar-refractivity contribution < 1.29 is 9.90 Å². The highest BCUT2D eigenvalue weighted by molar-refractivity contribution is 6.31. The molecule has 2 aromatic carbocycles. The van der Waals surface area contributed by atoms with Crippen molar-refractivity contribution in [1.82, 2.24) is 9.97 Å². The van der Waals surface area contributed by atoms with E-state index in [2.05, 4.69) is 9.97 Å². The van der Waals surface area contributed by atoms with Gasteiger partial charge in [0.1, 0.15) is 5.82 Å². The van der Waals surface area contributed by atoms with E-state index < -0.39 is 5.97 Å². The Labute approximate surface area is 146 Å². The molecular formula is C16H13Cl2N3O3. The van der Waals surface area contributed by atoms with Crippen LogP contribution in [0.1, 0.15) is 16.2 Å². The van der Waals surface area contributed by atoms with Crippen molar-refractivity contribution in [2.75, 3.05) is 5.73 Å². The second kappa shape index (κ2) is 7.33. The van der Waals surface area contributed by atoms with Crippen LogP contribution in [0, 0.1) is 6.92 Å². The number of fused-ring (bicyclic) bond motifs is 1. The molecule has 0 amide bonds. The zero-order chi connectivity index (χ0) is 17.9. The Morgan fingerprint density at radius 1 is 1.17 bits per heavy atom. The number of hydrogen-bond donors (Lipinski definition) is 3. The summed E-state index contributed by atoms with van der Waals surface area (Å²) in [6, 6.07) is 9.30. The summed E-state index contributed by atoms with van der Waals surface area (Å²) >= 11 is 11.3. The summed E-state index contributed by atoms with van der Waals surface area (Å²) in [4.78, 5) is 28.6. The van der Waals surface area contributed by atoms with E-state index in [1.165, 1.54) is 18.2 Å². The first-order chi connectivity index (χ1) is 11.3. The number of nitrogens with two attached hydrogens (primary N) is 1. The maximum Gasteiger partial charge on any atom is 0.337 e. The molecule has 124 valence electrons. The summed E-state index contributed by atoms with van der Waals surface area (Å²) in [6.07, 6.45) is 0. The van der Waals surface area contributed by atoms with E-state index in [1.54, 1.807) is 25.1 Å². The molecule has 0 saturated heterocycles. The van der Waals surface area contributed by atoms with E-state index in [9.17, 15) is 9.59 Å². The van der Waals surface area contributed by atoms with Gasteiger partial charge in [-0.25, -0.2) is 9.78 Å². The minimum absolute atomic E-state index is 0.0781. The molecule has 1 aromatic heterocycles. The quantitative estimate of drug-likeness (QED) is 0.571. The first-order valence-corrected chi connectivity index (χ1v) is 7.48. The van der Waals surface area contributed by atoms with Gasteiger partial charge in [0.2, 0.25) is 0 Å². The molecule has 0 spiro atoms. The Balaban J connectivity index is 0.000000177. The van der Waals surface area contributed by atoms with Gasteiger partial charge in [0.25, 0.3) is 5.56 Å². The molecule has 0 aliphatic heterocycles. The lowest BCUT2D eigenvalue weighted by atomic mass is 10.2. The van der Waals surface area contributed by atoms with Crippen molar-refractivity contribution in [3.63, 3.8) is 0 Å². The van der Waals surface area contributed by atoms with E-state index in [0.29, 0.717) is 26.8 Å². The highest BCUT2D eigenvalue weighted by Crippen LogP contribution is 2.17. The molecule has 24 heavy (non-hydrogen) atoms. The second-order valence-corrected chi connectivity index (χ2v) is 5.72. The van der Waals surface area contributed by atoms with Crippen LogP contribution in [0.2, 0.25) is 10.0 Å². The molecular weight excluding hydrogens is 353 g/mol. The summed E-state index contributed by atoms with van der Waals surface area (Å²) < 4.78 is 0. The Kier molecular flexibility index (Phi) is 5.43. The monoisotopic (exact) mass is 365 g/mol. The third-order valence-corrected chi connectivity index (χ3v) is 3.50. The van der Waals surface area contributed by atoms with E-state index in [1.807, 2.05) is 0 Å². The highest BCUT2D eigenvalue weighted by Gasteiger charge is 2.06. The topological polar surface area (TPSA) is 109 Å². The van der Waals surface area contributed by atoms with Crippen LogP contribution in [0.25, 0.3) is 10.9 Å². The number of aryl methyl sites for hydroxylation is 1. The molecule has 8 heteroatoms. The lowest BCUT2D eigenvalue weighted by molar-refractivity contribution is 0.0698. The molecule has 0 saturated carbocycles. The van der Waals surface area contributed by atoms with Crippen LogP contribution in [-0.2, 0) is 0 Å². The molecule has 0 radical (unpaired) electrons. The number of carboxylic acids is 1. The Hall–Kier alpha value is -2.57. The Morgan fingerprint density at radius 3 is 2.42 bits per heavy atom. The number of H-pyrrole nitrogens is 1. The van der Waals surface area contributed by atoms with Crippen LogP contribution in [0.15, 0.2) is 41.2 Å². The summed E-state index contributed by atoms with van der Waals surface area (Å²) in [5.41, 5.74) is 6.13. The molecule has 0 aliphatic rings. The molecule has 0 aliphatic carbocycles. The van der Waals surface area contributed by atoms with Gasteiger partial charge >= 0.3 is 5.97 Å². The zero-order valence-corrected chi connectivity index (χ0v) is 14.0. The molecule has 0 atom stereocenters. The fraction of sp³-hybridized carbons (Fsp3) is 0.0625. The maximum absolute atomic E-state index is 11.4. The second-order valence-electron chi connectivity index (χ2n) is 4.85. The van der Waals surface area contributed by atoms with E-state index in [-0.39, 0.29) is 16.8 Å². The maximum atomic E-state index is 11.4. The van der Waals surface area contributed by atoms with Crippen molar-refractivity contribution >= 4 is 45.8 Å². The third-order valence-electron chi connectivity index (χ3n) is 3.03. The SMILES string of the molecule is Cc1nc2cc(Cl)ccc2c(=O)[nH]1.Nc1cc(Cl)ccc1C(=O)O. The lowest BCUT2D eigenvalue weighted by Crippen LogP contribution is -2.09. The Bertz CT molecular complexity index is 965. The van der Waals surface area contributed by atoms with Crippen molar-refractivity contribution in [2.24, 2.45) is 0 Å². The normalized spacial score (nSPS) is 10.1. The number of benzene rings is 2. The van der Waals surface area contributed by atoms with Crippen molar-refractivity contribution in [1.29, 1.82) is 0 Å². The smallest absolute Gasteiger partial charge is 0.337 e. The van der Waals surface area contributed by atoms with E-state index in [4.69, 9.17) is 34.0 Å². The minimum atomic E-state index is -1.04. The number of nitrogens with zero attached hydrogens (tertiary/aromatic N) is 1. The number of aromatic nitrogens is 2. The number of nitrogen functional groups attached to an aromatic ring is 1. The number of aromatic amines is 1. The third kappa shape index (κ3) is 4.24. The van der Waals surface area contributed by atoms with Gasteiger partial charge < -0.3 is 15.8 Å². The molecule has 3 aromatic rings. The summed E-state index contributed by atoms with van der Waals surface area (Å²) in [5.74, 6) is -0.445. The molecule has 0 bridgehead atoms. The fourth-order valence-electron chi connectivity index (χ4n) is 1.96. The number of hydrogen-bond acceptors (Lipinski definition) is 4. The number of carbonyl (C=O) groups is 1. The molecule has 1 heterocycles. The number of anilines is 1. The lowest BCUT2D eigenvalue weighted by Gasteiger charge is -1.98. The van der Waals surface area contributed by atoms with Crippen LogP contribution >= 0.6 is 23.2 Å². The number of rotatable bonds is 1. The molecule has 6 nitrogen and oxygen atoms in total. The van der Waals surface area contributed by atoms with Crippen molar-refractivity contribution in [3.8, 4) is 0 Å². The van der Waals surface area contributed by atoms with Gasteiger partial charge in [-0.15, -0.1) is 0 Å². The largest absolute Gasteiger partial charge is 0.478 e. The Morgan fingerprint density at radius 2 is 1.79 bits per heavy atom. The highest BCUT2D eigenvalue weighted by atomic mass is 35.5. The van der Waals surface area contributed by atoms with Gasteiger partial charge in [0, 0.05) is 15.7 Å². The molecule has 4 N–H and O–H groups in total. The molecule has 3 rings (SSSR count). The van der Waals surface area contributed by atoms with Crippen LogP contribution in [0.5, 0.6) is 0 Å². The predicted octanol–water partition coefficient (Wildman–Crippen LogP) is 3.51. The molecule has 0 fully saturated rings. The van der Waals surface area contributed by atoms with Gasteiger partial charge in [0.05, 0.1) is 16.5 Å². The van der Waals surface area contributed by atoms with Crippen LogP contribution in [0.3, 0.4) is 0 Å². The number of carboxylic acid groups (broad SMARTS) is 1. The van der Waals surface area contributed by atoms with Crippen LogP contribution < -0.4 is 11.3 Å². The number of halogens is 2. The van der Waals surface area contributed by atoms with Gasteiger partial charge in [-0.3, -0.25) is 4.79 Å². The van der Waals surface area contributed by atoms with Gasteiger partial charge in [-0.05, 0) is 43.3 Å². The number of nitrogens with one attached hydrogen (secondary N) is 1. The van der Waals surface area contributed by atoms with Crippen molar-refractivity contribution in [3.05, 3.63) is 68.2 Å². The van der Waals surface area contributed by atoms with E-state index in [0.717, 1.165) is 0 Å². The zero-order valence-electron chi connectivity index (χ0n) is 12.5. The number of aromatic carboxylic acids is 1. The minimum Gasteiger partial charge on any atom is -0.478 e. The average molecular weight is 366 g/mol. The van der Waals surface area contributed by atoms with Gasteiger partial charge in [0.15, 0.2) is 0 Å². The van der Waals surface area contributed by atoms with Gasteiger partial charge in [-0.2, -0.15) is 0 Å². The predicted molar refractivity (Wildman–Crippen MR) is 94.9 cm³/mol. The van der Waals surface area contributed by atoms with Gasteiger partial charge in [-0.1, -0.05) is 23.2 Å². The average Bonchev–Trinajstić information content (AvgIpc) is 2.46. The standard InChI is InChI=1S/C9H7ClN2O.C7H6ClNO2/c1-5-11-8-4-6(10)2-3-7(8)9(13)12-5;8-4-1-2-5(7(10)11)6(9)3-4/h2-4H,1H3,(H,11,12,13);1-3H,9H2,(H,10,11). The first-order valence-electron chi connectivity index (χ1n) is 6.72. The molecule has 0 unspecified atom stereocenters. The van der Waals surface area contributed by atoms with Crippen LogP contribution in [-0.4, -0.2) is 21.0 Å².